The van der Waals surface area contributed by atoms with Crippen molar-refractivity contribution in [2.45, 2.75) is 30.4 Å². The summed E-state index contributed by atoms with van der Waals surface area (Å²) >= 11 is 3.00. The van der Waals surface area contributed by atoms with Crippen molar-refractivity contribution in [2.24, 2.45) is 0 Å². The van der Waals surface area contributed by atoms with Crippen molar-refractivity contribution < 1.29 is 14.3 Å². The van der Waals surface area contributed by atoms with Gasteiger partial charge in [-0.15, -0.1) is 11.3 Å². The highest BCUT2D eigenvalue weighted by Crippen LogP contribution is 2.39. The average molecular weight is 444 g/mol. The van der Waals surface area contributed by atoms with Gasteiger partial charge in [-0.25, -0.2) is 9.97 Å². The molecule has 30 heavy (non-hydrogen) atoms. The van der Waals surface area contributed by atoms with Gasteiger partial charge in [0.25, 0.3) is 0 Å². The normalized spacial score (nSPS) is 16.0. The lowest BCUT2D eigenvalue weighted by Crippen LogP contribution is -2.40. The molecule has 1 aliphatic rings. The molecule has 2 aromatic heterocycles. The van der Waals surface area contributed by atoms with Gasteiger partial charge >= 0.3 is 0 Å². The van der Waals surface area contributed by atoms with Crippen LogP contribution in [-0.2, 0) is 10.3 Å². The highest BCUT2D eigenvalue weighted by atomic mass is 32.2. The number of methoxy groups -OCH3 is 2. The first-order valence-corrected chi connectivity index (χ1v) is 11.7. The third-order valence-corrected chi connectivity index (χ3v) is 7.75. The van der Waals surface area contributed by atoms with Crippen LogP contribution in [0, 0.1) is 6.92 Å². The van der Waals surface area contributed by atoms with Crippen LogP contribution in [0.4, 0.5) is 0 Å². The SMILES string of the molecule is COc1ccc2nc(C)nc(SCC(=O)c3ccc(C4(OC)CCNCC4)s3)c2c1. The van der Waals surface area contributed by atoms with Crippen molar-refractivity contribution in [3.8, 4) is 5.75 Å². The molecule has 0 amide bonds. The van der Waals surface area contributed by atoms with E-state index in [1.807, 2.05) is 37.3 Å². The fourth-order valence-corrected chi connectivity index (χ4v) is 5.95. The Kier molecular flexibility index (Phi) is 6.38. The van der Waals surface area contributed by atoms with Crippen LogP contribution in [0.5, 0.6) is 5.75 Å². The predicted octanol–water partition coefficient (Wildman–Crippen LogP) is 4.21. The molecule has 6 nitrogen and oxygen atoms in total. The van der Waals surface area contributed by atoms with Gasteiger partial charge in [-0.1, -0.05) is 11.8 Å². The van der Waals surface area contributed by atoms with Crippen LogP contribution in [0.3, 0.4) is 0 Å². The molecule has 0 unspecified atom stereocenters. The minimum absolute atomic E-state index is 0.101. The Hall–Kier alpha value is -2.00. The van der Waals surface area contributed by atoms with Crippen molar-refractivity contribution in [1.29, 1.82) is 0 Å². The van der Waals surface area contributed by atoms with E-state index in [1.165, 1.54) is 11.8 Å². The third-order valence-electron chi connectivity index (χ3n) is 5.45. The summed E-state index contributed by atoms with van der Waals surface area (Å²) in [7, 11) is 3.40. The van der Waals surface area contributed by atoms with Crippen LogP contribution < -0.4 is 10.1 Å². The summed E-state index contributed by atoms with van der Waals surface area (Å²) in [6, 6.07) is 9.70. The second-order valence-electron chi connectivity index (χ2n) is 7.28. The molecule has 0 bridgehead atoms. The molecule has 158 valence electrons. The topological polar surface area (TPSA) is 73.3 Å². The number of benzene rings is 1. The van der Waals surface area contributed by atoms with E-state index in [9.17, 15) is 4.79 Å². The number of aromatic nitrogens is 2. The summed E-state index contributed by atoms with van der Waals surface area (Å²) in [6.07, 6.45) is 1.83. The molecular weight excluding hydrogens is 418 g/mol. The molecule has 0 atom stereocenters. The number of thioether (sulfide) groups is 1. The highest BCUT2D eigenvalue weighted by molar-refractivity contribution is 8.00. The molecule has 0 saturated carbocycles. The number of ketones is 1. The van der Waals surface area contributed by atoms with Crippen LogP contribution >= 0.6 is 23.1 Å². The van der Waals surface area contributed by atoms with Crippen LogP contribution in [0.25, 0.3) is 10.9 Å². The van der Waals surface area contributed by atoms with Gasteiger partial charge in [0, 0.05) is 17.4 Å². The molecule has 8 heteroatoms. The first-order chi connectivity index (χ1) is 14.5. The molecule has 0 aliphatic carbocycles. The lowest BCUT2D eigenvalue weighted by molar-refractivity contribution is -0.0361. The number of hydrogen-bond acceptors (Lipinski definition) is 8. The van der Waals surface area contributed by atoms with E-state index in [-0.39, 0.29) is 11.4 Å². The Labute approximate surface area is 184 Å². The van der Waals surface area contributed by atoms with Gasteiger partial charge < -0.3 is 14.8 Å². The van der Waals surface area contributed by atoms with Crippen molar-refractivity contribution in [2.75, 3.05) is 33.1 Å². The molecule has 0 radical (unpaired) electrons. The molecule has 3 aromatic rings. The van der Waals surface area contributed by atoms with Gasteiger partial charge in [0.05, 0.1) is 23.3 Å². The summed E-state index contributed by atoms with van der Waals surface area (Å²) < 4.78 is 11.2. The monoisotopic (exact) mass is 443 g/mol. The van der Waals surface area contributed by atoms with Crippen LogP contribution in [-0.4, -0.2) is 48.8 Å². The molecular formula is C22H25N3O3S2. The van der Waals surface area contributed by atoms with E-state index >= 15 is 0 Å². The van der Waals surface area contributed by atoms with E-state index < -0.39 is 0 Å². The molecule has 0 spiro atoms. The number of nitrogens with one attached hydrogen (secondary N) is 1. The maximum absolute atomic E-state index is 12.9. The number of nitrogens with zero attached hydrogens (tertiary/aromatic N) is 2. The number of hydrogen-bond donors (Lipinski definition) is 1. The number of fused-ring (bicyclic) bond motifs is 1. The largest absolute Gasteiger partial charge is 0.497 e. The third kappa shape index (κ3) is 4.23. The number of thiophene rings is 1. The summed E-state index contributed by atoms with van der Waals surface area (Å²) in [6.45, 7) is 3.72. The van der Waals surface area contributed by atoms with Gasteiger partial charge in [0.15, 0.2) is 5.78 Å². The smallest absolute Gasteiger partial charge is 0.183 e. The number of carbonyl (C=O) groups is 1. The minimum atomic E-state index is -0.280. The zero-order valence-electron chi connectivity index (χ0n) is 17.4. The van der Waals surface area contributed by atoms with E-state index in [1.54, 1.807) is 25.6 Å². The number of aryl methyl sites for hydroxylation is 1. The summed E-state index contributed by atoms with van der Waals surface area (Å²) in [5.74, 6) is 1.86. The van der Waals surface area contributed by atoms with Gasteiger partial charge in [-0.2, -0.15) is 0 Å². The first-order valence-electron chi connectivity index (χ1n) is 9.89. The van der Waals surface area contributed by atoms with Gasteiger partial charge in [-0.3, -0.25) is 4.79 Å². The second kappa shape index (κ2) is 9.01. The fourth-order valence-electron chi connectivity index (χ4n) is 3.75. The Morgan fingerprint density at radius 3 is 2.73 bits per heavy atom. The standard InChI is InChI=1S/C22H25N3O3S2/c1-14-24-17-5-4-15(27-2)12-16(17)21(25-14)29-13-18(26)19-6-7-20(30-19)22(28-3)8-10-23-11-9-22/h4-7,12,23H,8-11,13H2,1-3H3. The molecule has 1 aromatic carbocycles. The second-order valence-corrected chi connectivity index (χ2v) is 9.33. The maximum Gasteiger partial charge on any atom is 0.183 e. The predicted molar refractivity (Wildman–Crippen MR) is 121 cm³/mol. The number of piperidine rings is 1. The van der Waals surface area contributed by atoms with Crippen molar-refractivity contribution in [3.63, 3.8) is 0 Å². The molecule has 4 rings (SSSR count). The Bertz CT molecular complexity index is 1060. The molecule has 1 saturated heterocycles. The molecule has 3 heterocycles. The highest BCUT2D eigenvalue weighted by Gasteiger charge is 2.35. The number of ether oxygens (including phenoxy) is 2. The van der Waals surface area contributed by atoms with Gasteiger partial charge in [0.1, 0.15) is 22.2 Å². The zero-order valence-corrected chi connectivity index (χ0v) is 19.0. The van der Waals surface area contributed by atoms with Crippen LogP contribution in [0.15, 0.2) is 35.4 Å². The lowest BCUT2D eigenvalue weighted by Gasteiger charge is -2.35. The summed E-state index contributed by atoms with van der Waals surface area (Å²) in [5, 5.41) is 5.07. The Morgan fingerprint density at radius 1 is 1.20 bits per heavy atom. The van der Waals surface area contributed by atoms with Gasteiger partial charge in [0.2, 0.25) is 0 Å². The van der Waals surface area contributed by atoms with E-state index in [0.29, 0.717) is 11.6 Å². The zero-order chi connectivity index (χ0) is 21.1. The van der Waals surface area contributed by atoms with E-state index in [4.69, 9.17) is 9.47 Å². The van der Waals surface area contributed by atoms with Crippen molar-refractivity contribution >= 4 is 39.8 Å². The fraction of sp³-hybridized carbons (Fsp3) is 0.409. The van der Waals surface area contributed by atoms with E-state index in [0.717, 1.165) is 57.4 Å². The first kappa shape index (κ1) is 21.2. The van der Waals surface area contributed by atoms with Crippen molar-refractivity contribution in [1.82, 2.24) is 15.3 Å². The number of Topliss-reactive ketones (excluding diaryl/α,β-unsaturated/α-hetero) is 1. The quantitative estimate of drug-likeness (QED) is 0.333. The Balaban J connectivity index is 1.52. The van der Waals surface area contributed by atoms with Crippen molar-refractivity contribution in [3.05, 3.63) is 45.9 Å². The number of carbonyl (C=O) groups excluding carboxylic acids is 1. The minimum Gasteiger partial charge on any atom is -0.497 e. The summed E-state index contributed by atoms with van der Waals surface area (Å²) in [5.41, 5.74) is 0.572. The maximum atomic E-state index is 12.9. The van der Waals surface area contributed by atoms with Crippen LogP contribution in [0.1, 0.15) is 33.2 Å². The molecule has 1 fully saturated rings. The summed E-state index contributed by atoms with van der Waals surface area (Å²) in [4.78, 5) is 23.9. The Morgan fingerprint density at radius 2 is 2.00 bits per heavy atom. The average Bonchev–Trinajstić information content (AvgIpc) is 3.28. The van der Waals surface area contributed by atoms with E-state index in [2.05, 4.69) is 15.3 Å². The number of rotatable bonds is 7. The molecule has 1 aliphatic heterocycles. The van der Waals surface area contributed by atoms with Gasteiger partial charge in [-0.05, 0) is 63.2 Å². The lowest BCUT2D eigenvalue weighted by atomic mass is 9.90. The van der Waals surface area contributed by atoms with Crippen LogP contribution in [0.2, 0.25) is 0 Å². The molecule has 1 N–H and O–H groups in total.